The fraction of sp³-hybridized carbons (Fsp3) is 0.438. The molecule has 0 atom stereocenters. The molecule has 24 heavy (non-hydrogen) atoms. The quantitative estimate of drug-likeness (QED) is 0.809. The maximum atomic E-state index is 12.7. The van der Waals surface area contributed by atoms with Gasteiger partial charge in [0.05, 0.1) is 15.6 Å². The van der Waals surface area contributed by atoms with Crippen LogP contribution in [0.2, 0.25) is 0 Å². The summed E-state index contributed by atoms with van der Waals surface area (Å²) < 4.78 is 26.9. The lowest BCUT2D eigenvalue weighted by Gasteiger charge is -2.33. The van der Waals surface area contributed by atoms with Crippen molar-refractivity contribution in [3.8, 4) is 0 Å². The van der Waals surface area contributed by atoms with Crippen LogP contribution in [0, 0.1) is 13.8 Å². The lowest BCUT2D eigenvalue weighted by molar-refractivity contribution is 0.180. The number of hydrogen-bond donors (Lipinski definition) is 0. The van der Waals surface area contributed by atoms with Gasteiger partial charge in [-0.25, -0.2) is 13.4 Å². The molecule has 5 nitrogen and oxygen atoms in total. The summed E-state index contributed by atoms with van der Waals surface area (Å²) in [6, 6.07) is 7.06. The molecule has 8 heteroatoms. The minimum atomic E-state index is -3.38. The summed E-state index contributed by atoms with van der Waals surface area (Å²) in [5, 5.41) is 3.14. The third-order valence-corrected chi connectivity index (χ3v) is 6.78. The van der Waals surface area contributed by atoms with Crippen molar-refractivity contribution in [2.75, 3.05) is 26.2 Å². The standard InChI is InChI=1S/C16H21N3O2S2.ClH/c1-13-3-5-16(6-4-13)23(20,21)19-9-7-18(8-10-19)11-15-12-22-14(2)17-15;/h3-6,12H,7-11H2,1-2H3;1H. The van der Waals surface area contributed by atoms with Crippen molar-refractivity contribution < 1.29 is 8.42 Å². The van der Waals surface area contributed by atoms with E-state index in [-0.39, 0.29) is 12.4 Å². The summed E-state index contributed by atoms with van der Waals surface area (Å²) in [6.07, 6.45) is 0. The molecule has 2 aromatic rings. The average molecular weight is 388 g/mol. The SMILES string of the molecule is Cc1ccc(S(=O)(=O)N2CCN(Cc3csc(C)n3)CC2)cc1.Cl. The molecule has 1 aromatic carbocycles. The molecule has 0 bridgehead atoms. The summed E-state index contributed by atoms with van der Waals surface area (Å²) in [6.45, 7) is 7.28. The predicted molar refractivity (Wildman–Crippen MR) is 99.3 cm³/mol. The van der Waals surface area contributed by atoms with Crippen molar-refractivity contribution in [2.24, 2.45) is 0 Å². The van der Waals surface area contributed by atoms with Crippen LogP contribution in [0.3, 0.4) is 0 Å². The molecule has 0 amide bonds. The van der Waals surface area contributed by atoms with E-state index in [0.29, 0.717) is 18.0 Å². The van der Waals surface area contributed by atoms with Crippen LogP contribution < -0.4 is 0 Å². The maximum Gasteiger partial charge on any atom is 0.243 e. The fourth-order valence-corrected chi connectivity index (χ4v) is 4.72. The van der Waals surface area contributed by atoms with Crippen molar-refractivity contribution in [2.45, 2.75) is 25.3 Å². The Morgan fingerprint density at radius 1 is 1.08 bits per heavy atom. The smallest absolute Gasteiger partial charge is 0.243 e. The van der Waals surface area contributed by atoms with Gasteiger partial charge in [0.2, 0.25) is 10.0 Å². The second kappa shape index (κ2) is 7.93. The van der Waals surface area contributed by atoms with E-state index in [4.69, 9.17) is 0 Å². The lowest BCUT2D eigenvalue weighted by Crippen LogP contribution is -2.48. The normalized spacial score (nSPS) is 16.8. The second-order valence-corrected chi connectivity index (χ2v) is 8.85. The summed E-state index contributed by atoms with van der Waals surface area (Å²) in [4.78, 5) is 7.11. The van der Waals surface area contributed by atoms with E-state index in [9.17, 15) is 8.42 Å². The molecule has 0 saturated carbocycles. The number of aromatic nitrogens is 1. The van der Waals surface area contributed by atoms with Gasteiger partial charge in [-0.3, -0.25) is 4.90 Å². The monoisotopic (exact) mass is 387 g/mol. The highest BCUT2D eigenvalue weighted by Gasteiger charge is 2.28. The van der Waals surface area contributed by atoms with Gasteiger partial charge in [-0.1, -0.05) is 17.7 Å². The fourth-order valence-electron chi connectivity index (χ4n) is 2.70. The highest BCUT2D eigenvalue weighted by molar-refractivity contribution is 7.89. The highest BCUT2D eigenvalue weighted by atomic mass is 35.5. The number of nitrogens with zero attached hydrogens (tertiary/aromatic N) is 3. The Hall–Kier alpha value is -0.990. The number of sulfonamides is 1. The molecule has 1 aliphatic heterocycles. The van der Waals surface area contributed by atoms with Crippen molar-refractivity contribution in [1.29, 1.82) is 0 Å². The Balaban J connectivity index is 0.00000208. The van der Waals surface area contributed by atoms with Crippen molar-refractivity contribution in [3.05, 3.63) is 45.9 Å². The lowest BCUT2D eigenvalue weighted by atomic mass is 10.2. The van der Waals surface area contributed by atoms with Crippen LogP contribution in [-0.4, -0.2) is 48.8 Å². The molecule has 1 aromatic heterocycles. The molecule has 0 aliphatic carbocycles. The first-order chi connectivity index (χ1) is 10.9. The van der Waals surface area contributed by atoms with Crippen LogP contribution >= 0.6 is 23.7 Å². The van der Waals surface area contributed by atoms with Gasteiger partial charge in [-0.2, -0.15) is 4.31 Å². The average Bonchev–Trinajstić information content (AvgIpc) is 2.93. The van der Waals surface area contributed by atoms with E-state index >= 15 is 0 Å². The Bertz CT molecular complexity index is 767. The summed E-state index contributed by atoms with van der Waals surface area (Å²) in [7, 11) is -3.38. The molecular weight excluding hydrogens is 366 g/mol. The van der Waals surface area contributed by atoms with Crippen LogP contribution in [0.4, 0.5) is 0 Å². The van der Waals surface area contributed by atoms with E-state index in [2.05, 4.69) is 15.3 Å². The van der Waals surface area contributed by atoms with Crippen LogP contribution in [0.1, 0.15) is 16.3 Å². The minimum absolute atomic E-state index is 0. The van der Waals surface area contributed by atoms with Crippen LogP contribution in [0.15, 0.2) is 34.5 Å². The molecular formula is C16H22ClN3O2S2. The number of rotatable bonds is 4. The third-order valence-electron chi connectivity index (χ3n) is 4.04. The van der Waals surface area contributed by atoms with Gasteiger partial charge in [0.15, 0.2) is 0 Å². The van der Waals surface area contributed by atoms with E-state index in [1.807, 2.05) is 26.0 Å². The largest absolute Gasteiger partial charge is 0.295 e. The zero-order valence-electron chi connectivity index (χ0n) is 13.8. The van der Waals surface area contributed by atoms with E-state index in [1.165, 1.54) is 0 Å². The third kappa shape index (κ3) is 4.34. The number of benzene rings is 1. The number of hydrogen-bond acceptors (Lipinski definition) is 5. The maximum absolute atomic E-state index is 12.7. The van der Waals surface area contributed by atoms with Crippen LogP contribution in [-0.2, 0) is 16.6 Å². The molecule has 1 saturated heterocycles. The number of halogens is 1. The van der Waals surface area contributed by atoms with E-state index in [0.717, 1.165) is 35.9 Å². The van der Waals surface area contributed by atoms with Crippen molar-refractivity contribution in [1.82, 2.24) is 14.2 Å². The first-order valence-corrected chi connectivity index (χ1v) is 9.97. The molecule has 2 heterocycles. The van der Waals surface area contributed by atoms with Gasteiger partial charge in [-0.15, -0.1) is 23.7 Å². The molecule has 1 fully saturated rings. The molecule has 0 spiro atoms. The van der Waals surface area contributed by atoms with Gasteiger partial charge in [0, 0.05) is 38.1 Å². The van der Waals surface area contributed by atoms with E-state index < -0.39 is 10.0 Å². The number of aryl methyl sites for hydroxylation is 2. The molecule has 0 N–H and O–H groups in total. The molecule has 3 rings (SSSR count). The molecule has 0 unspecified atom stereocenters. The highest BCUT2D eigenvalue weighted by Crippen LogP contribution is 2.19. The first-order valence-electron chi connectivity index (χ1n) is 7.65. The van der Waals surface area contributed by atoms with Crippen LogP contribution in [0.5, 0.6) is 0 Å². The first kappa shape index (κ1) is 19.3. The second-order valence-electron chi connectivity index (χ2n) is 5.85. The van der Waals surface area contributed by atoms with Gasteiger partial charge >= 0.3 is 0 Å². The van der Waals surface area contributed by atoms with E-state index in [1.54, 1.807) is 27.8 Å². The minimum Gasteiger partial charge on any atom is -0.295 e. The Morgan fingerprint density at radius 2 is 1.71 bits per heavy atom. The number of thiazole rings is 1. The van der Waals surface area contributed by atoms with Gasteiger partial charge in [-0.05, 0) is 26.0 Å². The Morgan fingerprint density at radius 3 is 2.25 bits per heavy atom. The predicted octanol–water partition coefficient (Wildman–Crippen LogP) is 2.69. The molecule has 132 valence electrons. The summed E-state index contributed by atoms with van der Waals surface area (Å²) in [5.74, 6) is 0. The van der Waals surface area contributed by atoms with Crippen molar-refractivity contribution in [3.63, 3.8) is 0 Å². The topological polar surface area (TPSA) is 53.5 Å². The molecule has 1 aliphatic rings. The summed E-state index contributed by atoms with van der Waals surface area (Å²) in [5.41, 5.74) is 2.13. The zero-order chi connectivity index (χ0) is 16.4. The van der Waals surface area contributed by atoms with Gasteiger partial charge < -0.3 is 0 Å². The van der Waals surface area contributed by atoms with Crippen LogP contribution in [0.25, 0.3) is 0 Å². The van der Waals surface area contributed by atoms with Gasteiger partial charge in [0.1, 0.15) is 0 Å². The van der Waals surface area contributed by atoms with Gasteiger partial charge in [0.25, 0.3) is 0 Å². The summed E-state index contributed by atoms with van der Waals surface area (Å²) >= 11 is 1.65. The molecule has 0 radical (unpaired) electrons. The Kier molecular flexibility index (Phi) is 6.39. The number of piperazine rings is 1. The Labute approximate surface area is 153 Å². The van der Waals surface area contributed by atoms with Crippen molar-refractivity contribution >= 4 is 33.8 Å². The zero-order valence-corrected chi connectivity index (χ0v) is 16.3.